The number of carbonyl (C=O) groups excluding carboxylic acids is 2. The number of piperazine rings is 1. The predicted molar refractivity (Wildman–Crippen MR) is 41.4 cm³/mol. The highest BCUT2D eigenvalue weighted by molar-refractivity contribution is 5.87. The first kappa shape index (κ1) is 9.15. The molecule has 5 heteroatoms. The summed E-state index contributed by atoms with van der Waals surface area (Å²) in [5, 5.41) is 5.95. The summed E-state index contributed by atoms with van der Waals surface area (Å²) in [5.74, 6) is -1.07. The van der Waals surface area contributed by atoms with E-state index >= 15 is 0 Å². The molecule has 1 unspecified atom stereocenters. The number of carbonyl (C=O) groups is 2. The quantitative estimate of drug-likeness (QED) is 0.377. The first-order valence-electron chi connectivity index (χ1n) is 3.86. The van der Waals surface area contributed by atoms with E-state index in [-0.39, 0.29) is 6.04 Å². The summed E-state index contributed by atoms with van der Waals surface area (Å²) in [4.78, 5) is 21.5. The van der Waals surface area contributed by atoms with E-state index in [9.17, 15) is 9.59 Å². The zero-order valence-electron chi connectivity index (χ0n) is 6.92. The molecule has 0 aliphatic carbocycles. The van der Waals surface area contributed by atoms with Crippen LogP contribution in [0.25, 0.3) is 0 Å². The van der Waals surface area contributed by atoms with E-state index < -0.39 is 11.9 Å². The number of hydrogen-bond donors (Lipinski definition) is 2. The van der Waals surface area contributed by atoms with Crippen molar-refractivity contribution in [3.8, 4) is 0 Å². The van der Waals surface area contributed by atoms with Gasteiger partial charge in [-0.1, -0.05) is 0 Å². The van der Waals surface area contributed by atoms with Crippen LogP contribution in [0.5, 0.6) is 0 Å². The van der Waals surface area contributed by atoms with E-state index in [1.54, 1.807) is 0 Å². The number of hydrogen-bond acceptors (Lipinski definition) is 5. The minimum atomic E-state index is -0.563. The molecule has 1 aliphatic heterocycles. The Morgan fingerprint density at radius 3 is 2.67 bits per heavy atom. The second-order valence-corrected chi connectivity index (χ2v) is 2.62. The normalized spacial score (nSPS) is 23.2. The SMILES string of the molecule is CC(=O)OC(=O)C1CNCCN1. The number of esters is 2. The fourth-order valence-electron chi connectivity index (χ4n) is 1.03. The van der Waals surface area contributed by atoms with Gasteiger partial charge in [-0.05, 0) is 0 Å². The molecule has 0 bridgehead atoms. The Morgan fingerprint density at radius 1 is 1.42 bits per heavy atom. The van der Waals surface area contributed by atoms with Crippen molar-refractivity contribution in [1.29, 1.82) is 0 Å². The smallest absolute Gasteiger partial charge is 0.332 e. The Bertz CT molecular complexity index is 187. The van der Waals surface area contributed by atoms with Crippen molar-refractivity contribution in [2.45, 2.75) is 13.0 Å². The Hall–Kier alpha value is -0.940. The van der Waals surface area contributed by atoms with E-state index in [0.717, 1.165) is 13.1 Å². The van der Waals surface area contributed by atoms with E-state index in [1.807, 2.05) is 0 Å². The Kier molecular flexibility index (Phi) is 3.19. The Morgan fingerprint density at radius 2 is 2.17 bits per heavy atom. The molecule has 0 aromatic rings. The van der Waals surface area contributed by atoms with Crippen LogP contribution < -0.4 is 10.6 Å². The summed E-state index contributed by atoms with van der Waals surface area (Å²) < 4.78 is 4.41. The minimum Gasteiger partial charge on any atom is -0.392 e. The molecule has 12 heavy (non-hydrogen) atoms. The maximum atomic E-state index is 11.1. The van der Waals surface area contributed by atoms with Crippen molar-refractivity contribution in [2.24, 2.45) is 0 Å². The zero-order chi connectivity index (χ0) is 8.97. The van der Waals surface area contributed by atoms with Crippen molar-refractivity contribution < 1.29 is 14.3 Å². The van der Waals surface area contributed by atoms with Gasteiger partial charge >= 0.3 is 11.9 Å². The molecule has 0 amide bonds. The molecule has 1 rings (SSSR count). The van der Waals surface area contributed by atoms with Gasteiger partial charge in [0.05, 0.1) is 0 Å². The summed E-state index contributed by atoms with van der Waals surface area (Å²) in [6.45, 7) is 3.29. The van der Waals surface area contributed by atoms with Crippen LogP contribution in [-0.4, -0.2) is 37.6 Å². The van der Waals surface area contributed by atoms with Crippen LogP contribution in [0.2, 0.25) is 0 Å². The van der Waals surface area contributed by atoms with Gasteiger partial charge < -0.3 is 15.4 Å². The molecule has 1 atom stereocenters. The van der Waals surface area contributed by atoms with Crippen molar-refractivity contribution >= 4 is 11.9 Å². The molecule has 5 nitrogen and oxygen atoms in total. The van der Waals surface area contributed by atoms with E-state index in [4.69, 9.17) is 0 Å². The third kappa shape index (κ3) is 2.60. The second-order valence-electron chi connectivity index (χ2n) is 2.62. The average molecular weight is 172 g/mol. The standard InChI is InChI=1S/C7H12N2O3/c1-5(10)12-7(11)6-4-8-2-3-9-6/h6,8-9H,2-4H2,1H3. The maximum Gasteiger partial charge on any atom is 0.332 e. The summed E-state index contributed by atoms with van der Waals surface area (Å²) in [6.07, 6.45) is 0. The summed E-state index contributed by atoms with van der Waals surface area (Å²) in [5.41, 5.74) is 0. The molecule has 0 radical (unpaired) electrons. The van der Waals surface area contributed by atoms with Crippen LogP contribution in [-0.2, 0) is 14.3 Å². The molecule has 68 valence electrons. The lowest BCUT2D eigenvalue weighted by atomic mass is 10.2. The summed E-state index contributed by atoms with van der Waals surface area (Å²) in [7, 11) is 0. The first-order valence-corrected chi connectivity index (χ1v) is 3.86. The Balaban J connectivity index is 2.34. The van der Waals surface area contributed by atoms with Gasteiger partial charge in [-0.3, -0.25) is 4.79 Å². The zero-order valence-corrected chi connectivity index (χ0v) is 6.92. The van der Waals surface area contributed by atoms with Crippen molar-refractivity contribution in [3.05, 3.63) is 0 Å². The van der Waals surface area contributed by atoms with Crippen molar-refractivity contribution in [1.82, 2.24) is 10.6 Å². The minimum absolute atomic E-state index is 0.386. The number of nitrogens with one attached hydrogen (secondary N) is 2. The van der Waals surface area contributed by atoms with Crippen molar-refractivity contribution in [3.63, 3.8) is 0 Å². The summed E-state index contributed by atoms with van der Waals surface area (Å²) >= 11 is 0. The molecule has 0 aromatic heterocycles. The topological polar surface area (TPSA) is 67.4 Å². The van der Waals surface area contributed by atoms with Gasteiger partial charge in [-0.2, -0.15) is 0 Å². The second kappa shape index (κ2) is 4.18. The van der Waals surface area contributed by atoms with E-state index in [1.165, 1.54) is 6.92 Å². The number of ether oxygens (including phenoxy) is 1. The van der Waals surface area contributed by atoms with Crippen LogP contribution in [0, 0.1) is 0 Å². The lowest BCUT2D eigenvalue weighted by Gasteiger charge is -2.21. The summed E-state index contributed by atoms with van der Waals surface area (Å²) in [6, 6.07) is -0.386. The van der Waals surface area contributed by atoms with Gasteiger partial charge in [0.15, 0.2) is 0 Å². The molecule has 2 N–H and O–H groups in total. The first-order chi connectivity index (χ1) is 5.70. The highest BCUT2D eigenvalue weighted by Gasteiger charge is 2.22. The van der Waals surface area contributed by atoms with Crippen LogP contribution >= 0.6 is 0 Å². The molecule has 0 aromatic carbocycles. The Labute approximate surface area is 70.5 Å². The van der Waals surface area contributed by atoms with Gasteiger partial charge in [-0.15, -0.1) is 0 Å². The number of rotatable bonds is 1. The fraction of sp³-hybridized carbons (Fsp3) is 0.714. The molecule has 0 spiro atoms. The van der Waals surface area contributed by atoms with Crippen LogP contribution in [0.1, 0.15) is 6.92 Å². The van der Waals surface area contributed by atoms with E-state index in [2.05, 4.69) is 15.4 Å². The molecule has 1 heterocycles. The van der Waals surface area contributed by atoms with E-state index in [0.29, 0.717) is 6.54 Å². The van der Waals surface area contributed by atoms with Gasteiger partial charge in [0.25, 0.3) is 0 Å². The molecule has 1 saturated heterocycles. The molecular weight excluding hydrogens is 160 g/mol. The molecule has 0 saturated carbocycles. The predicted octanol–water partition coefficient (Wildman–Crippen LogP) is -1.36. The van der Waals surface area contributed by atoms with Crippen molar-refractivity contribution in [2.75, 3.05) is 19.6 Å². The highest BCUT2D eigenvalue weighted by atomic mass is 16.6. The van der Waals surface area contributed by atoms with Crippen LogP contribution in [0.3, 0.4) is 0 Å². The lowest BCUT2D eigenvalue weighted by Crippen LogP contribution is -2.53. The lowest BCUT2D eigenvalue weighted by molar-refractivity contribution is -0.159. The van der Waals surface area contributed by atoms with Gasteiger partial charge in [0.1, 0.15) is 6.04 Å². The monoisotopic (exact) mass is 172 g/mol. The molecule has 1 fully saturated rings. The largest absolute Gasteiger partial charge is 0.392 e. The van der Waals surface area contributed by atoms with Crippen LogP contribution in [0.15, 0.2) is 0 Å². The van der Waals surface area contributed by atoms with Gasteiger partial charge in [0.2, 0.25) is 0 Å². The fourth-order valence-corrected chi connectivity index (χ4v) is 1.03. The van der Waals surface area contributed by atoms with Gasteiger partial charge in [0, 0.05) is 26.6 Å². The third-order valence-electron chi connectivity index (χ3n) is 1.57. The highest BCUT2D eigenvalue weighted by Crippen LogP contribution is 1.91. The maximum absolute atomic E-state index is 11.1. The third-order valence-corrected chi connectivity index (χ3v) is 1.57. The average Bonchev–Trinajstić information content (AvgIpc) is 2.05. The van der Waals surface area contributed by atoms with Gasteiger partial charge in [-0.25, -0.2) is 4.79 Å². The molecular formula is C7H12N2O3. The van der Waals surface area contributed by atoms with Crippen LogP contribution in [0.4, 0.5) is 0 Å². The molecule has 1 aliphatic rings.